The van der Waals surface area contributed by atoms with Gasteiger partial charge in [0.25, 0.3) is 5.24 Å². The summed E-state index contributed by atoms with van der Waals surface area (Å²) >= 11 is 1.10. The molecule has 5 nitrogen and oxygen atoms in total. The lowest BCUT2D eigenvalue weighted by Crippen LogP contribution is -2.42. The van der Waals surface area contributed by atoms with Crippen LogP contribution in [0.15, 0.2) is 24.3 Å². The van der Waals surface area contributed by atoms with Crippen LogP contribution in [0, 0.1) is 0 Å². The van der Waals surface area contributed by atoms with E-state index in [1.807, 2.05) is 0 Å². The van der Waals surface area contributed by atoms with Gasteiger partial charge in [0, 0.05) is 17.9 Å². The minimum atomic E-state index is -0.474. The standard InChI is InChI=1S/C11H12N2O3S/c14-9-4-2-1-3-7(9)5-12-10(15)8-6-17-11(16)13-8/h1-4,8,14H,5-6H2,(H,12,15)(H,13,16). The SMILES string of the molecule is O=C1NC(C(=O)NCc2ccccc2O)CS1. The molecular formula is C11H12N2O3S. The van der Waals surface area contributed by atoms with Crippen molar-refractivity contribution in [1.82, 2.24) is 10.6 Å². The van der Waals surface area contributed by atoms with Gasteiger partial charge in [-0.1, -0.05) is 30.0 Å². The number of hydrogen-bond acceptors (Lipinski definition) is 4. The van der Waals surface area contributed by atoms with Crippen molar-refractivity contribution in [2.24, 2.45) is 0 Å². The van der Waals surface area contributed by atoms with Gasteiger partial charge in [-0.15, -0.1) is 0 Å². The molecular weight excluding hydrogens is 240 g/mol. The number of phenolic OH excluding ortho intramolecular Hbond substituents is 1. The summed E-state index contributed by atoms with van der Waals surface area (Å²) in [5.41, 5.74) is 0.651. The molecule has 3 N–H and O–H groups in total. The number of para-hydroxylation sites is 1. The van der Waals surface area contributed by atoms with Gasteiger partial charge in [0.05, 0.1) is 0 Å². The highest BCUT2D eigenvalue weighted by Crippen LogP contribution is 2.16. The van der Waals surface area contributed by atoms with Gasteiger partial charge in [0.15, 0.2) is 0 Å². The summed E-state index contributed by atoms with van der Waals surface area (Å²) in [5, 5.41) is 14.6. The first-order valence-electron chi connectivity index (χ1n) is 5.14. The van der Waals surface area contributed by atoms with Crippen molar-refractivity contribution in [3.8, 4) is 5.75 Å². The molecule has 0 aliphatic carbocycles. The molecule has 1 aromatic carbocycles. The molecule has 1 atom stereocenters. The summed E-state index contributed by atoms with van der Waals surface area (Å²) in [7, 11) is 0. The quantitative estimate of drug-likeness (QED) is 0.744. The average molecular weight is 252 g/mol. The second-order valence-corrected chi connectivity index (χ2v) is 4.63. The number of carbonyl (C=O) groups excluding carboxylic acids is 2. The number of phenols is 1. The highest BCUT2D eigenvalue weighted by molar-refractivity contribution is 8.14. The molecule has 1 saturated heterocycles. The highest BCUT2D eigenvalue weighted by atomic mass is 32.2. The number of nitrogens with one attached hydrogen (secondary N) is 2. The summed E-state index contributed by atoms with van der Waals surface area (Å²) in [6.07, 6.45) is 0. The third kappa shape index (κ3) is 2.91. The predicted molar refractivity (Wildman–Crippen MR) is 64.7 cm³/mol. The minimum Gasteiger partial charge on any atom is -0.508 e. The molecule has 1 aromatic rings. The van der Waals surface area contributed by atoms with E-state index in [9.17, 15) is 14.7 Å². The van der Waals surface area contributed by atoms with Crippen LogP contribution in [0.25, 0.3) is 0 Å². The average Bonchev–Trinajstić information content (AvgIpc) is 2.74. The molecule has 1 fully saturated rings. The van der Waals surface area contributed by atoms with E-state index in [1.165, 1.54) is 0 Å². The van der Waals surface area contributed by atoms with E-state index in [0.29, 0.717) is 11.3 Å². The Morgan fingerprint density at radius 3 is 2.94 bits per heavy atom. The maximum atomic E-state index is 11.7. The highest BCUT2D eigenvalue weighted by Gasteiger charge is 2.27. The van der Waals surface area contributed by atoms with E-state index >= 15 is 0 Å². The molecule has 1 aliphatic rings. The summed E-state index contributed by atoms with van der Waals surface area (Å²) in [6, 6.07) is 6.33. The van der Waals surface area contributed by atoms with Gasteiger partial charge in [0.1, 0.15) is 11.8 Å². The fraction of sp³-hybridized carbons (Fsp3) is 0.273. The van der Waals surface area contributed by atoms with Crippen LogP contribution in [0.3, 0.4) is 0 Å². The van der Waals surface area contributed by atoms with Gasteiger partial charge < -0.3 is 15.7 Å². The second-order valence-electron chi connectivity index (χ2n) is 3.64. The van der Waals surface area contributed by atoms with Crippen molar-refractivity contribution in [3.05, 3.63) is 29.8 Å². The number of amides is 2. The lowest BCUT2D eigenvalue weighted by Gasteiger charge is -2.10. The monoisotopic (exact) mass is 252 g/mol. The van der Waals surface area contributed by atoms with E-state index in [1.54, 1.807) is 24.3 Å². The molecule has 6 heteroatoms. The van der Waals surface area contributed by atoms with E-state index in [0.717, 1.165) is 11.8 Å². The third-order valence-corrected chi connectivity index (χ3v) is 3.31. The first-order valence-corrected chi connectivity index (χ1v) is 6.13. The lowest BCUT2D eigenvalue weighted by atomic mass is 10.2. The zero-order valence-electron chi connectivity index (χ0n) is 8.97. The number of benzene rings is 1. The number of rotatable bonds is 3. The molecule has 2 rings (SSSR count). The van der Waals surface area contributed by atoms with E-state index < -0.39 is 6.04 Å². The van der Waals surface area contributed by atoms with Crippen molar-refractivity contribution in [3.63, 3.8) is 0 Å². The number of hydrogen-bond donors (Lipinski definition) is 3. The predicted octanol–water partition coefficient (Wildman–Crippen LogP) is 0.833. The van der Waals surface area contributed by atoms with Crippen LogP contribution in [-0.2, 0) is 11.3 Å². The Morgan fingerprint density at radius 2 is 2.29 bits per heavy atom. The van der Waals surface area contributed by atoms with Crippen LogP contribution < -0.4 is 10.6 Å². The Labute approximate surface area is 103 Å². The summed E-state index contributed by atoms with van der Waals surface area (Å²) < 4.78 is 0. The second kappa shape index (κ2) is 5.09. The van der Waals surface area contributed by atoms with Crippen molar-refractivity contribution in [1.29, 1.82) is 0 Å². The molecule has 0 saturated carbocycles. The van der Waals surface area contributed by atoms with Crippen molar-refractivity contribution in [2.45, 2.75) is 12.6 Å². The van der Waals surface area contributed by atoms with Crippen molar-refractivity contribution >= 4 is 22.9 Å². The van der Waals surface area contributed by atoms with Crippen LogP contribution in [0.2, 0.25) is 0 Å². The van der Waals surface area contributed by atoms with Crippen LogP contribution in [-0.4, -0.2) is 28.0 Å². The van der Waals surface area contributed by atoms with E-state index in [-0.39, 0.29) is 23.4 Å². The Balaban J connectivity index is 1.88. The minimum absolute atomic E-state index is 0.151. The molecule has 0 bridgehead atoms. The number of carbonyl (C=O) groups is 2. The van der Waals surface area contributed by atoms with E-state index in [2.05, 4.69) is 10.6 Å². The topological polar surface area (TPSA) is 78.4 Å². The van der Waals surface area contributed by atoms with Crippen LogP contribution in [0.5, 0.6) is 5.75 Å². The Bertz CT molecular complexity index is 450. The molecule has 2 amide bonds. The molecule has 1 heterocycles. The Morgan fingerprint density at radius 1 is 1.53 bits per heavy atom. The fourth-order valence-electron chi connectivity index (χ4n) is 1.49. The smallest absolute Gasteiger partial charge is 0.279 e. The van der Waals surface area contributed by atoms with Crippen LogP contribution in [0.1, 0.15) is 5.56 Å². The van der Waals surface area contributed by atoms with Crippen molar-refractivity contribution in [2.75, 3.05) is 5.75 Å². The molecule has 1 aliphatic heterocycles. The fourth-order valence-corrected chi connectivity index (χ4v) is 2.27. The van der Waals surface area contributed by atoms with Gasteiger partial charge in [-0.25, -0.2) is 0 Å². The molecule has 90 valence electrons. The summed E-state index contributed by atoms with van der Waals surface area (Å²) in [6.45, 7) is 0.253. The van der Waals surface area contributed by atoms with Gasteiger partial charge in [-0.2, -0.15) is 0 Å². The van der Waals surface area contributed by atoms with Crippen molar-refractivity contribution < 1.29 is 14.7 Å². The first kappa shape index (κ1) is 11.8. The Hall–Kier alpha value is -1.69. The van der Waals surface area contributed by atoms with E-state index in [4.69, 9.17) is 0 Å². The maximum absolute atomic E-state index is 11.7. The van der Waals surface area contributed by atoms with Crippen LogP contribution >= 0.6 is 11.8 Å². The number of aromatic hydroxyl groups is 1. The summed E-state index contributed by atoms with van der Waals surface area (Å²) in [5.74, 6) is 0.370. The van der Waals surface area contributed by atoms with Gasteiger partial charge >= 0.3 is 0 Å². The third-order valence-electron chi connectivity index (χ3n) is 2.43. The molecule has 1 unspecified atom stereocenters. The zero-order valence-corrected chi connectivity index (χ0v) is 9.79. The molecule has 17 heavy (non-hydrogen) atoms. The van der Waals surface area contributed by atoms with Gasteiger partial charge in [-0.05, 0) is 6.07 Å². The zero-order chi connectivity index (χ0) is 12.3. The van der Waals surface area contributed by atoms with Gasteiger partial charge in [-0.3, -0.25) is 9.59 Å². The largest absolute Gasteiger partial charge is 0.508 e. The molecule has 0 spiro atoms. The van der Waals surface area contributed by atoms with Crippen LogP contribution in [0.4, 0.5) is 4.79 Å². The Kier molecular flexibility index (Phi) is 3.53. The number of thioether (sulfide) groups is 1. The molecule has 0 aromatic heterocycles. The maximum Gasteiger partial charge on any atom is 0.279 e. The first-order chi connectivity index (χ1) is 8.16. The normalized spacial score (nSPS) is 18.8. The lowest BCUT2D eigenvalue weighted by molar-refractivity contribution is -0.122. The molecule has 0 radical (unpaired) electrons. The summed E-state index contributed by atoms with van der Waals surface area (Å²) in [4.78, 5) is 22.6. The van der Waals surface area contributed by atoms with Gasteiger partial charge in [0.2, 0.25) is 5.91 Å².